The van der Waals surface area contributed by atoms with E-state index in [0.29, 0.717) is 31.2 Å². The minimum absolute atomic E-state index is 0.0693. The van der Waals surface area contributed by atoms with Crippen LogP contribution in [0.1, 0.15) is 36.5 Å². The third-order valence-corrected chi connectivity index (χ3v) is 4.35. The summed E-state index contributed by atoms with van der Waals surface area (Å²) in [4.78, 5) is 19.9. The van der Waals surface area contributed by atoms with E-state index in [1.54, 1.807) is 18.2 Å². The number of rotatable bonds is 6. The molecule has 0 spiro atoms. The minimum Gasteiger partial charge on any atom is -0.388 e. The minimum atomic E-state index is -0.188. The molecule has 3 rings (SSSR count). The number of imidazole rings is 1. The molecular weight excluding hydrogens is 334 g/mol. The van der Waals surface area contributed by atoms with Crippen molar-refractivity contribution in [3.05, 3.63) is 41.2 Å². The summed E-state index contributed by atoms with van der Waals surface area (Å²) in [6, 6.07) is 5.04. The summed E-state index contributed by atoms with van der Waals surface area (Å²) in [5.74, 6) is 0.296. The molecule has 140 valence electrons. The van der Waals surface area contributed by atoms with Gasteiger partial charge in [-0.2, -0.15) is 0 Å². The van der Waals surface area contributed by atoms with Crippen molar-refractivity contribution in [2.45, 2.75) is 39.0 Å². The first-order chi connectivity index (χ1) is 12.6. The van der Waals surface area contributed by atoms with E-state index in [1.165, 1.54) is 5.57 Å². The van der Waals surface area contributed by atoms with Crippen LogP contribution < -0.4 is 5.32 Å². The van der Waals surface area contributed by atoms with Crippen molar-refractivity contribution in [2.75, 3.05) is 19.8 Å². The van der Waals surface area contributed by atoms with Crippen LogP contribution in [0.15, 0.2) is 29.8 Å². The number of carbonyl (C=O) groups is 1. The average molecular weight is 359 g/mol. The number of nitrogens with one attached hydrogen (secondary N) is 2. The second-order valence-corrected chi connectivity index (χ2v) is 6.67. The molecule has 1 aliphatic heterocycles. The quantitative estimate of drug-likeness (QED) is 0.685. The van der Waals surface area contributed by atoms with E-state index in [9.17, 15) is 4.79 Å². The van der Waals surface area contributed by atoms with E-state index in [-0.39, 0.29) is 24.7 Å². The number of hydrogen-bond donors (Lipinski definition) is 3. The largest absolute Gasteiger partial charge is 0.388 e. The van der Waals surface area contributed by atoms with Crippen molar-refractivity contribution in [1.82, 2.24) is 15.3 Å². The Kier molecular flexibility index (Phi) is 6.03. The summed E-state index contributed by atoms with van der Waals surface area (Å²) in [6.45, 7) is 5.49. The lowest BCUT2D eigenvalue weighted by molar-refractivity contribution is -0.0457. The molecule has 3 N–H and O–H groups in total. The van der Waals surface area contributed by atoms with Gasteiger partial charge in [-0.25, -0.2) is 4.98 Å². The van der Waals surface area contributed by atoms with Crippen molar-refractivity contribution in [3.8, 4) is 0 Å². The maximum absolute atomic E-state index is 12.6. The molecule has 1 fully saturated rings. The molecule has 1 amide bonds. The molecule has 26 heavy (non-hydrogen) atoms. The van der Waals surface area contributed by atoms with Gasteiger partial charge in [-0.3, -0.25) is 4.79 Å². The average Bonchev–Trinajstić information content (AvgIpc) is 3.05. The maximum Gasteiger partial charge on any atom is 0.251 e. The number of fused-ring (bicyclic) bond motifs is 1. The molecular formula is C19H25N3O4. The van der Waals surface area contributed by atoms with Crippen molar-refractivity contribution >= 4 is 16.9 Å². The molecule has 2 atom stereocenters. The van der Waals surface area contributed by atoms with Gasteiger partial charge < -0.3 is 24.9 Å². The Bertz CT molecular complexity index is 795. The molecule has 0 aliphatic carbocycles. The highest BCUT2D eigenvalue weighted by Gasteiger charge is 2.28. The van der Waals surface area contributed by atoms with Crippen LogP contribution in [0.4, 0.5) is 0 Å². The van der Waals surface area contributed by atoms with Crippen LogP contribution in [0.5, 0.6) is 0 Å². The second kappa shape index (κ2) is 8.44. The molecule has 0 saturated carbocycles. The molecule has 0 unspecified atom stereocenters. The Morgan fingerprint density at radius 1 is 1.50 bits per heavy atom. The summed E-state index contributed by atoms with van der Waals surface area (Å²) in [5, 5.41) is 12.2. The van der Waals surface area contributed by atoms with Gasteiger partial charge in [0.25, 0.3) is 5.91 Å². The van der Waals surface area contributed by atoms with E-state index in [2.05, 4.69) is 15.3 Å². The van der Waals surface area contributed by atoms with Gasteiger partial charge in [-0.1, -0.05) is 11.6 Å². The number of H-pyrrole nitrogens is 1. The van der Waals surface area contributed by atoms with Crippen molar-refractivity contribution in [2.24, 2.45) is 0 Å². The van der Waals surface area contributed by atoms with Crippen LogP contribution in [0.3, 0.4) is 0 Å². The molecule has 1 aromatic carbocycles. The van der Waals surface area contributed by atoms with Crippen molar-refractivity contribution < 1.29 is 19.4 Å². The summed E-state index contributed by atoms with van der Waals surface area (Å²) in [5.41, 5.74) is 3.17. The zero-order valence-electron chi connectivity index (χ0n) is 15.1. The first-order valence-electron chi connectivity index (χ1n) is 8.80. The second-order valence-electron chi connectivity index (χ2n) is 6.67. The molecule has 1 aromatic heterocycles. The lowest BCUT2D eigenvalue weighted by Gasteiger charge is -2.31. The monoisotopic (exact) mass is 359 g/mol. The van der Waals surface area contributed by atoms with E-state index < -0.39 is 0 Å². The summed E-state index contributed by atoms with van der Waals surface area (Å²) in [6.07, 6.45) is 2.71. The standard InChI is InChI=1S/C19H25N3O4/c1-12(2)5-8-26-17-6-7-25-11-16(17)22-19(24)13-3-4-14-15(9-13)21-18(10-23)20-14/h3-5,9,16-17,23H,6-8,10-11H2,1-2H3,(H,20,21)(H,22,24)/t16-,17+/m0/s1. The Balaban J connectivity index is 1.67. The van der Waals surface area contributed by atoms with Crippen molar-refractivity contribution in [1.29, 1.82) is 0 Å². The Morgan fingerprint density at radius 3 is 3.12 bits per heavy atom. The fourth-order valence-corrected chi connectivity index (χ4v) is 2.92. The number of allylic oxidation sites excluding steroid dienone is 1. The summed E-state index contributed by atoms with van der Waals surface area (Å²) < 4.78 is 11.4. The Labute approximate surface area is 152 Å². The highest BCUT2D eigenvalue weighted by atomic mass is 16.5. The van der Waals surface area contributed by atoms with Crippen LogP contribution in [-0.4, -0.2) is 52.9 Å². The number of ether oxygens (including phenoxy) is 2. The van der Waals surface area contributed by atoms with E-state index in [1.807, 2.05) is 19.9 Å². The fraction of sp³-hybridized carbons (Fsp3) is 0.474. The lowest BCUT2D eigenvalue weighted by Crippen LogP contribution is -2.50. The molecule has 7 heteroatoms. The van der Waals surface area contributed by atoms with Crippen LogP contribution >= 0.6 is 0 Å². The third-order valence-electron chi connectivity index (χ3n) is 4.35. The highest BCUT2D eigenvalue weighted by Crippen LogP contribution is 2.16. The zero-order chi connectivity index (χ0) is 18.5. The van der Waals surface area contributed by atoms with Gasteiger partial charge >= 0.3 is 0 Å². The first kappa shape index (κ1) is 18.6. The number of aliphatic hydroxyl groups is 1. The lowest BCUT2D eigenvalue weighted by atomic mass is 10.1. The zero-order valence-corrected chi connectivity index (χ0v) is 15.1. The van der Waals surface area contributed by atoms with Gasteiger partial charge in [0.1, 0.15) is 12.4 Å². The molecule has 0 bridgehead atoms. The van der Waals surface area contributed by atoms with Crippen LogP contribution in [0.2, 0.25) is 0 Å². The van der Waals surface area contributed by atoms with Gasteiger partial charge in [0.15, 0.2) is 0 Å². The molecule has 0 radical (unpaired) electrons. The maximum atomic E-state index is 12.6. The number of nitrogens with zero attached hydrogens (tertiary/aromatic N) is 1. The van der Waals surface area contributed by atoms with E-state index in [4.69, 9.17) is 14.6 Å². The van der Waals surface area contributed by atoms with Crippen LogP contribution in [0.25, 0.3) is 11.0 Å². The number of aliphatic hydroxyl groups excluding tert-OH is 1. The number of aromatic nitrogens is 2. The topological polar surface area (TPSA) is 96.5 Å². The molecule has 7 nitrogen and oxygen atoms in total. The number of carbonyl (C=O) groups excluding carboxylic acids is 1. The summed E-state index contributed by atoms with van der Waals surface area (Å²) >= 11 is 0. The van der Waals surface area contributed by atoms with E-state index >= 15 is 0 Å². The number of benzene rings is 1. The van der Waals surface area contributed by atoms with E-state index in [0.717, 1.165) is 17.5 Å². The predicted molar refractivity (Wildman–Crippen MR) is 97.9 cm³/mol. The molecule has 1 aliphatic rings. The van der Waals surface area contributed by atoms with Gasteiger partial charge in [-0.05, 0) is 38.5 Å². The van der Waals surface area contributed by atoms with Crippen molar-refractivity contribution in [3.63, 3.8) is 0 Å². The first-order valence-corrected chi connectivity index (χ1v) is 8.80. The normalized spacial score (nSPS) is 20.1. The van der Waals surface area contributed by atoms with Crippen LogP contribution in [-0.2, 0) is 16.1 Å². The Morgan fingerprint density at radius 2 is 2.35 bits per heavy atom. The van der Waals surface area contributed by atoms with Gasteiger partial charge in [-0.15, -0.1) is 0 Å². The van der Waals surface area contributed by atoms with Crippen LogP contribution in [0, 0.1) is 0 Å². The highest BCUT2D eigenvalue weighted by molar-refractivity contribution is 5.97. The molecule has 2 heterocycles. The number of amides is 1. The third kappa shape index (κ3) is 4.49. The smallest absolute Gasteiger partial charge is 0.251 e. The molecule has 2 aromatic rings. The number of hydrogen-bond acceptors (Lipinski definition) is 5. The molecule has 1 saturated heterocycles. The van der Waals surface area contributed by atoms with Gasteiger partial charge in [0, 0.05) is 12.2 Å². The number of aromatic amines is 1. The fourth-order valence-electron chi connectivity index (χ4n) is 2.92. The predicted octanol–water partition coefficient (Wildman–Crippen LogP) is 1.93. The van der Waals surface area contributed by atoms with Gasteiger partial charge in [0.2, 0.25) is 0 Å². The summed E-state index contributed by atoms with van der Waals surface area (Å²) in [7, 11) is 0. The van der Waals surface area contributed by atoms with Gasteiger partial charge in [0.05, 0.1) is 36.4 Å². The SMILES string of the molecule is CC(C)=CCO[C@@H]1CCOC[C@@H]1NC(=O)c1ccc2nc(CO)[nH]c2c1. The Hall–Kier alpha value is -2.22.